The minimum atomic E-state index is -4.60. The maximum absolute atomic E-state index is 13.6. The molecule has 1 aromatic heterocycles. The van der Waals surface area contributed by atoms with Crippen LogP contribution in [0.2, 0.25) is 0 Å². The molecule has 5 aromatic rings. The highest BCUT2D eigenvalue weighted by molar-refractivity contribution is 6.08. The molecule has 3 N–H and O–H groups in total. The van der Waals surface area contributed by atoms with Crippen molar-refractivity contribution in [2.24, 2.45) is 5.73 Å². The number of amides is 1. The Morgan fingerprint density at radius 1 is 0.912 bits per heavy atom. The van der Waals surface area contributed by atoms with Gasteiger partial charge in [-0.05, 0) is 51.9 Å². The number of benzene rings is 4. The highest BCUT2D eigenvalue weighted by atomic mass is 19.4. The van der Waals surface area contributed by atoms with Gasteiger partial charge in [0, 0.05) is 23.1 Å². The van der Waals surface area contributed by atoms with Crippen LogP contribution in [0.3, 0.4) is 0 Å². The van der Waals surface area contributed by atoms with E-state index in [4.69, 9.17) is 5.73 Å². The zero-order chi connectivity index (χ0) is 23.9. The van der Waals surface area contributed by atoms with E-state index in [-0.39, 0.29) is 18.3 Å². The van der Waals surface area contributed by atoms with Crippen LogP contribution in [0.1, 0.15) is 5.69 Å². The van der Waals surface area contributed by atoms with Gasteiger partial charge in [0.25, 0.3) is 0 Å². The predicted octanol–water partition coefficient (Wildman–Crippen LogP) is 5.76. The minimum Gasteiger partial charge on any atom is -0.325 e. The summed E-state index contributed by atoms with van der Waals surface area (Å²) in [6, 6.07) is 23.9. The molecule has 0 atom stereocenters. The molecule has 1 amide bonds. The molecule has 170 valence electrons. The Kier molecular flexibility index (Phi) is 5.30. The molecule has 0 fully saturated rings. The first-order valence-corrected chi connectivity index (χ1v) is 10.5. The van der Waals surface area contributed by atoms with E-state index < -0.39 is 11.9 Å². The molecule has 0 aliphatic rings. The number of carbonyl (C=O) groups is 1. The number of fused-ring (bicyclic) bond motifs is 3. The largest absolute Gasteiger partial charge is 0.434 e. The number of anilines is 1. The zero-order valence-corrected chi connectivity index (χ0v) is 17.8. The molecule has 0 spiro atoms. The molecule has 1 heterocycles. The summed E-state index contributed by atoms with van der Waals surface area (Å²) in [5, 5.41) is 6.68. The molecule has 0 bridgehead atoms. The number of aromatic nitrogens is 2. The van der Waals surface area contributed by atoms with E-state index in [1.807, 2.05) is 48.5 Å². The fraction of sp³-hybridized carbons (Fsp3) is 0.0769. The van der Waals surface area contributed by atoms with Crippen LogP contribution < -0.4 is 11.1 Å². The zero-order valence-electron chi connectivity index (χ0n) is 17.8. The second-order valence-electron chi connectivity index (χ2n) is 7.84. The van der Waals surface area contributed by atoms with Gasteiger partial charge in [0.15, 0.2) is 5.69 Å². The predicted molar refractivity (Wildman–Crippen MR) is 127 cm³/mol. The molecule has 5 nitrogen and oxygen atoms in total. The topological polar surface area (TPSA) is 72.9 Å². The van der Waals surface area contributed by atoms with Crippen molar-refractivity contribution >= 4 is 33.1 Å². The highest BCUT2D eigenvalue weighted by Gasteiger charge is 2.35. The molecule has 0 saturated heterocycles. The molecule has 0 aliphatic heterocycles. The van der Waals surface area contributed by atoms with Gasteiger partial charge < -0.3 is 11.1 Å². The van der Waals surface area contributed by atoms with Gasteiger partial charge in [0.2, 0.25) is 5.91 Å². The summed E-state index contributed by atoms with van der Waals surface area (Å²) >= 11 is 0. The summed E-state index contributed by atoms with van der Waals surface area (Å²) in [5.74, 6) is -0.194. The molecule has 4 aromatic carbocycles. The van der Waals surface area contributed by atoms with Crippen molar-refractivity contribution in [3.63, 3.8) is 0 Å². The van der Waals surface area contributed by atoms with Crippen molar-refractivity contribution in [2.45, 2.75) is 6.18 Å². The summed E-state index contributed by atoms with van der Waals surface area (Å²) in [5.41, 5.74) is 5.85. The third-order valence-electron chi connectivity index (χ3n) is 5.61. The van der Waals surface area contributed by atoms with Gasteiger partial charge in [-0.1, -0.05) is 48.5 Å². The summed E-state index contributed by atoms with van der Waals surface area (Å²) in [6.07, 6.45) is -3.62. The van der Waals surface area contributed by atoms with Gasteiger partial charge in [-0.2, -0.15) is 13.2 Å². The third-order valence-corrected chi connectivity index (χ3v) is 5.61. The monoisotopic (exact) mass is 460 g/mol. The van der Waals surface area contributed by atoms with Crippen LogP contribution in [-0.2, 0) is 11.0 Å². The van der Waals surface area contributed by atoms with E-state index in [0.717, 1.165) is 27.7 Å². The Labute approximate surface area is 192 Å². The quantitative estimate of drug-likeness (QED) is 0.335. The van der Waals surface area contributed by atoms with Crippen molar-refractivity contribution in [1.82, 2.24) is 9.55 Å². The van der Waals surface area contributed by atoms with Crippen LogP contribution >= 0.6 is 0 Å². The Balaban J connectivity index is 1.62. The van der Waals surface area contributed by atoms with E-state index in [1.165, 1.54) is 4.57 Å². The highest BCUT2D eigenvalue weighted by Crippen LogP contribution is 2.35. The minimum absolute atomic E-state index is 0.167. The SMILES string of the molecule is NCC(=O)Nc1ccc(-n2cc(C(F)(F)F)nc2-c2ccc3c(ccc4ccccc43)c2)cc1. The summed E-state index contributed by atoms with van der Waals surface area (Å²) in [6.45, 7) is -0.167. The number of hydrogen-bond donors (Lipinski definition) is 2. The number of nitrogens with zero attached hydrogens (tertiary/aromatic N) is 2. The maximum Gasteiger partial charge on any atom is 0.434 e. The lowest BCUT2D eigenvalue weighted by Crippen LogP contribution is -2.21. The number of rotatable bonds is 4. The van der Waals surface area contributed by atoms with Crippen LogP contribution in [-0.4, -0.2) is 22.0 Å². The van der Waals surface area contributed by atoms with Crippen molar-refractivity contribution in [3.05, 3.63) is 90.8 Å². The Bertz CT molecular complexity index is 1520. The van der Waals surface area contributed by atoms with Gasteiger partial charge in [0.05, 0.1) is 6.54 Å². The normalized spacial score (nSPS) is 11.8. The van der Waals surface area contributed by atoms with Crippen molar-refractivity contribution in [2.75, 3.05) is 11.9 Å². The number of nitrogens with two attached hydrogens (primary N) is 1. The molecular formula is C26H19F3N4O. The second-order valence-corrected chi connectivity index (χ2v) is 7.84. The fourth-order valence-electron chi connectivity index (χ4n) is 3.99. The molecule has 0 unspecified atom stereocenters. The van der Waals surface area contributed by atoms with Crippen LogP contribution in [0.15, 0.2) is 85.1 Å². The Morgan fingerprint density at radius 2 is 1.62 bits per heavy atom. The van der Waals surface area contributed by atoms with Gasteiger partial charge in [-0.25, -0.2) is 4.98 Å². The molecule has 0 saturated carbocycles. The standard InChI is InChI=1S/C26H19F3N4O/c27-26(28,29)23-15-33(20-10-8-19(9-11-20)31-24(34)14-30)25(32-23)18-7-12-22-17(13-18)6-5-16-3-1-2-4-21(16)22/h1-13,15H,14,30H2,(H,31,34). The fourth-order valence-corrected chi connectivity index (χ4v) is 3.99. The smallest absolute Gasteiger partial charge is 0.325 e. The van der Waals surface area contributed by atoms with Crippen LogP contribution in [0.25, 0.3) is 38.6 Å². The van der Waals surface area contributed by atoms with Crippen molar-refractivity contribution < 1.29 is 18.0 Å². The molecule has 0 aliphatic carbocycles. The summed E-state index contributed by atoms with van der Waals surface area (Å²) in [7, 11) is 0. The lowest BCUT2D eigenvalue weighted by atomic mass is 10.00. The third kappa shape index (κ3) is 3.99. The molecule has 0 radical (unpaired) electrons. The van der Waals surface area contributed by atoms with Gasteiger partial charge >= 0.3 is 6.18 Å². The lowest BCUT2D eigenvalue weighted by Gasteiger charge is -2.11. The number of imidazole rings is 1. The Morgan fingerprint density at radius 3 is 2.35 bits per heavy atom. The maximum atomic E-state index is 13.6. The second kappa shape index (κ2) is 8.31. The number of alkyl halides is 3. The van der Waals surface area contributed by atoms with E-state index >= 15 is 0 Å². The van der Waals surface area contributed by atoms with Crippen molar-refractivity contribution in [1.29, 1.82) is 0 Å². The van der Waals surface area contributed by atoms with Gasteiger partial charge in [-0.3, -0.25) is 9.36 Å². The first-order chi connectivity index (χ1) is 16.3. The number of halogens is 3. The van der Waals surface area contributed by atoms with Crippen molar-refractivity contribution in [3.8, 4) is 17.1 Å². The van der Waals surface area contributed by atoms with Gasteiger partial charge in [-0.15, -0.1) is 0 Å². The first kappa shape index (κ1) is 21.7. The van der Waals surface area contributed by atoms with E-state index in [0.29, 0.717) is 16.9 Å². The molecule has 5 rings (SSSR count). The molecular weight excluding hydrogens is 441 g/mol. The summed E-state index contributed by atoms with van der Waals surface area (Å²) < 4.78 is 42.1. The van der Waals surface area contributed by atoms with E-state index in [2.05, 4.69) is 10.3 Å². The van der Waals surface area contributed by atoms with Crippen LogP contribution in [0.4, 0.5) is 18.9 Å². The first-order valence-electron chi connectivity index (χ1n) is 10.5. The summed E-state index contributed by atoms with van der Waals surface area (Å²) in [4.78, 5) is 15.4. The average Bonchev–Trinajstić information content (AvgIpc) is 3.30. The van der Waals surface area contributed by atoms with E-state index in [9.17, 15) is 18.0 Å². The van der Waals surface area contributed by atoms with E-state index in [1.54, 1.807) is 30.3 Å². The molecule has 8 heteroatoms. The Hall–Kier alpha value is -4.17. The van der Waals surface area contributed by atoms with Gasteiger partial charge in [0.1, 0.15) is 5.82 Å². The number of nitrogens with one attached hydrogen (secondary N) is 1. The van der Waals surface area contributed by atoms with Crippen LogP contribution in [0.5, 0.6) is 0 Å². The lowest BCUT2D eigenvalue weighted by molar-refractivity contribution is -0.140. The number of hydrogen-bond acceptors (Lipinski definition) is 3. The van der Waals surface area contributed by atoms with Crippen LogP contribution in [0, 0.1) is 0 Å². The average molecular weight is 460 g/mol. The number of carbonyl (C=O) groups excluding carboxylic acids is 1. The molecule has 34 heavy (non-hydrogen) atoms.